The number of benzene rings is 1. The van der Waals surface area contributed by atoms with Gasteiger partial charge in [0.05, 0.1) is 4.90 Å². The molecule has 0 aliphatic carbocycles. The molecule has 4 nitrogen and oxygen atoms in total. The summed E-state index contributed by atoms with van der Waals surface area (Å²) in [5, 5.41) is 0. The molecule has 2 rings (SSSR count). The molecule has 0 bridgehead atoms. The first-order valence-electron chi connectivity index (χ1n) is 5.34. The molecule has 1 aromatic heterocycles. The monoisotopic (exact) mass is 264 g/mol. The van der Waals surface area contributed by atoms with Gasteiger partial charge in [-0.3, -0.25) is 0 Å². The highest BCUT2D eigenvalue weighted by molar-refractivity contribution is 7.91. The van der Waals surface area contributed by atoms with Crippen LogP contribution in [-0.4, -0.2) is 8.42 Å². The molecule has 0 radical (unpaired) electrons. The van der Waals surface area contributed by atoms with Crippen molar-refractivity contribution in [2.24, 2.45) is 0 Å². The van der Waals surface area contributed by atoms with Crippen LogP contribution in [-0.2, 0) is 9.84 Å². The summed E-state index contributed by atoms with van der Waals surface area (Å²) in [6.07, 6.45) is 0. The van der Waals surface area contributed by atoms with Crippen molar-refractivity contribution in [1.82, 2.24) is 0 Å². The summed E-state index contributed by atoms with van der Waals surface area (Å²) in [7, 11) is -3.81. The lowest BCUT2D eigenvalue weighted by Crippen LogP contribution is -2.14. The van der Waals surface area contributed by atoms with E-state index in [1.165, 1.54) is 24.3 Å². The van der Waals surface area contributed by atoms with Crippen LogP contribution in [0, 0.1) is 13.8 Å². The van der Waals surface area contributed by atoms with Crippen LogP contribution in [0.4, 0.5) is 0 Å². The molecule has 0 fully saturated rings. The van der Waals surface area contributed by atoms with Gasteiger partial charge in [0.15, 0.2) is 4.90 Å². The van der Waals surface area contributed by atoms with Crippen molar-refractivity contribution >= 4 is 9.84 Å². The van der Waals surface area contributed by atoms with Crippen LogP contribution in [0.25, 0.3) is 0 Å². The summed E-state index contributed by atoms with van der Waals surface area (Å²) in [6.45, 7) is 3.44. The standard InChI is InChI=1S/C13H12O4S/c1-9-3-6-11(7-4-9)18(15,16)12-8-5-10(2)17-13(12)14/h3-8H,1-2H3. The highest BCUT2D eigenvalue weighted by atomic mass is 32.2. The third-order valence-corrected chi connectivity index (χ3v) is 4.32. The van der Waals surface area contributed by atoms with Crippen LogP contribution >= 0.6 is 0 Å². The fourth-order valence-corrected chi connectivity index (χ4v) is 2.79. The Morgan fingerprint density at radius 3 is 2.11 bits per heavy atom. The van der Waals surface area contributed by atoms with E-state index in [0.29, 0.717) is 5.76 Å². The first-order valence-corrected chi connectivity index (χ1v) is 6.82. The van der Waals surface area contributed by atoms with E-state index in [0.717, 1.165) is 5.56 Å². The zero-order chi connectivity index (χ0) is 13.3. The highest BCUT2D eigenvalue weighted by Crippen LogP contribution is 2.18. The molecule has 1 heterocycles. The largest absolute Gasteiger partial charge is 0.427 e. The van der Waals surface area contributed by atoms with Gasteiger partial charge in [-0.1, -0.05) is 17.7 Å². The van der Waals surface area contributed by atoms with Crippen LogP contribution in [0.15, 0.2) is 55.4 Å². The molecule has 0 aliphatic rings. The Morgan fingerprint density at radius 1 is 0.944 bits per heavy atom. The SMILES string of the molecule is Cc1ccc(S(=O)(=O)c2ccc(C)oc2=O)cc1. The van der Waals surface area contributed by atoms with Crippen LogP contribution in [0.3, 0.4) is 0 Å². The van der Waals surface area contributed by atoms with Gasteiger partial charge in [0.1, 0.15) is 5.76 Å². The minimum absolute atomic E-state index is 0.0873. The Hall–Kier alpha value is -1.88. The van der Waals surface area contributed by atoms with E-state index in [1.807, 2.05) is 6.92 Å². The molecule has 0 saturated heterocycles. The fourth-order valence-electron chi connectivity index (χ4n) is 1.54. The van der Waals surface area contributed by atoms with E-state index in [9.17, 15) is 13.2 Å². The molecule has 18 heavy (non-hydrogen) atoms. The smallest absolute Gasteiger partial charge is 0.355 e. The minimum atomic E-state index is -3.81. The highest BCUT2D eigenvalue weighted by Gasteiger charge is 2.22. The lowest BCUT2D eigenvalue weighted by atomic mass is 10.2. The summed E-state index contributed by atoms with van der Waals surface area (Å²) in [5.74, 6) is 0.378. The predicted molar refractivity (Wildman–Crippen MR) is 66.3 cm³/mol. The zero-order valence-corrected chi connectivity index (χ0v) is 10.8. The molecule has 0 atom stereocenters. The Bertz CT molecular complexity index is 724. The van der Waals surface area contributed by atoms with E-state index in [4.69, 9.17) is 4.42 Å². The maximum absolute atomic E-state index is 12.2. The third kappa shape index (κ3) is 2.22. The maximum Gasteiger partial charge on any atom is 0.355 e. The Balaban J connectivity index is 2.62. The molecule has 94 valence electrons. The normalized spacial score (nSPS) is 11.4. The molecule has 0 spiro atoms. The number of rotatable bonds is 2. The summed E-state index contributed by atoms with van der Waals surface area (Å²) in [6, 6.07) is 9.05. The van der Waals surface area contributed by atoms with Gasteiger partial charge in [-0.2, -0.15) is 0 Å². The molecule has 0 unspecified atom stereocenters. The second-order valence-corrected chi connectivity index (χ2v) is 5.93. The molecule has 0 amide bonds. The number of aryl methyl sites for hydroxylation is 2. The Morgan fingerprint density at radius 2 is 1.56 bits per heavy atom. The maximum atomic E-state index is 12.2. The Kier molecular flexibility index (Phi) is 3.09. The van der Waals surface area contributed by atoms with Crippen molar-refractivity contribution in [3.8, 4) is 0 Å². The van der Waals surface area contributed by atoms with E-state index in [-0.39, 0.29) is 9.79 Å². The zero-order valence-electron chi connectivity index (χ0n) is 10.0. The van der Waals surface area contributed by atoms with Gasteiger partial charge in [0.2, 0.25) is 9.84 Å². The van der Waals surface area contributed by atoms with Gasteiger partial charge >= 0.3 is 5.63 Å². The minimum Gasteiger partial charge on any atom is -0.427 e. The number of hydrogen-bond acceptors (Lipinski definition) is 4. The van der Waals surface area contributed by atoms with Crippen molar-refractivity contribution in [3.05, 3.63) is 58.1 Å². The lowest BCUT2D eigenvalue weighted by Gasteiger charge is -2.03. The molecule has 2 aromatic rings. The molecule has 5 heteroatoms. The van der Waals surface area contributed by atoms with Crippen LogP contribution < -0.4 is 5.63 Å². The third-order valence-electron chi connectivity index (χ3n) is 2.55. The quantitative estimate of drug-likeness (QED) is 0.833. The van der Waals surface area contributed by atoms with Crippen molar-refractivity contribution in [2.45, 2.75) is 23.6 Å². The van der Waals surface area contributed by atoms with E-state index >= 15 is 0 Å². The van der Waals surface area contributed by atoms with Gasteiger partial charge < -0.3 is 4.42 Å². The topological polar surface area (TPSA) is 64.3 Å². The first-order chi connectivity index (χ1) is 8.41. The molecule has 1 aromatic carbocycles. The predicted octanol–water partition coefficient (Wildman–Crippen LogP) is 2.09. The molecule has 0 aliphatic heterocycles. The average Bonchev–Trinajstić information content (AvgIpc) is 2.29. The number of sulfone groups is 1. The average molecular weight is 264 g/mol. The van der Waals surface area contributed by atoms with Gasteiger partial charge in [-0.15, -0.1) is 0 Å². The van der Waals surface area contributed by atoms with Crippen molar-refractivity contribution in [2.75, 3.05) is 0 Å². The summed E-state index contributed by atoms with van der Waals surface area (Å²) in [5.41, 5.74) is 0.112. The second-order valence-electron chi connectivity index (χ2n) is 4.01. The van der Waals surface area contributed by atoms with Crippen LogP contribution in [0.2, 0.25) is 0 Å². The van der Waals surface area contributed by atoms with Crippen LogP contribution in [0.5, 0.6) is 0 Å². The van der Waals surface area contributed by atoms with E-state index in [1.54, 1.807) is 19.1 Å². The molecular formula is C13H12O4S. The van der Waals surface area contributed by atoms with Crippen LogP contribution in [0.1, 0.15) is 11.3 Å². The first kappa shape index (κ1) is 12.6. The van der Waals surface area contributed by atoms with Crippen molar-refractivity contribution in [1.29, 1.82) is 0 Å². The van der Waals surface area contributed by atoms with Gasteiger partial charge in [-0.25, -0.2) is 13.2 Å². The molecular weight excluding hydrogens is 252 g/mol. The second kappa shape index (κ2) is 4.42. The lowest BCUT2D eigenvalue weighted by molar-refractivity contribution is 0.461. The van der Waals surface area contributed by atoms with Crippen molar-refractivity contribution < 1.29 is 12.8 Å². The fraction of sp³-hybridized carbons (Fsp3) is 0.154. The van der Waals surface area contributed by atoms with Gasteiger partial charge in [0.25, 0.3) is 0 Å². The molecule has 0 N–H and O–H groups in total. The van der Waals surface area contributed by atoms with Crippen molar-refractivity contribution in [3.63, 3.8) is 0 Å². The molecule has 0 saturated carbocycles. The summed E-state index contributed by atoms with van der Waals surface area (Å²) in [4.78, 5) is 11.3. The van der Waals surface area contributed by atoms with Gasteiger partial charge in [-0.05, 0) is 38.1 Å². The van der Waals surface area contributed by atoms with Gasteiger partial charge in [0, 0.05) is 0 Å². The summed E-state index contributed by atoms with van der Waals surface area (Å²) < 4.78 is 29.2. The van der Waals surface area contributed by atoms with E-state index in [2.05, 4.69) is 0 Å². The number of hydrogen-bond donors (Lipinski definition) is 0. The van der Waals surface area contributed by atoms with E-state index < -0.39 is 15.5 Å². The Labute approximate surface area is 105 Å². The summed E-state index contributed by atoms with van der Waals surface area (Å²) >= 11 is 0.